The van der Waals surface area contributed by atoms with Crippen LogP contribution < -0.4 is 4.90 Å². The highest BCUT2D eigenvalue weighted by Gasteiger charge is 2.32. The third kappa shape index (κ3) is 7.30. The van der Waals surface area contributed by atoms with Crippen LogP contribution in [-0.2, 0) is 14.3 Å². The van der Waals surface area contributed by atoms with E-state index in [9.17, 15) is 9.59 Å². The Labute approximate surface area is 202 Å². The minimum Gasteiger partial charge on any atom is -0.465 e. The predicted octanol–water partition coefficient (Wildman–Crippen LogP) is 4.42. The van der Waals surface area contributed by atoms with E-state index in [2.05, 4.69) is 44.4 Å². The molecule has 0 unspecified atom stereocenters. The highest BCUT2D eigenvalue weighted by Crippen LogP contribution is 2.35. The van der Waals surface area contributed by atoms with Crippen LogP contribution in [0.2, 0.25) is 0 Å². The van der Waals surface area contributed by atoms with Gasteiger partial charge in [-0.05, 0) is 58.4 Å². The summed E-state index contributed by atoms with van der Waals surface area (Å²) < 4.78 is 10.5. The first-order chi connectivity index (χ1) is 15.7. The molecule has 1 aromatic rings. The van der Waals surface area contributed by atoms with Crippen molar-refractivity contribution >= 4 is 28.9 Å². The molecule has 7 heteroatoms. The number of esters is 1. The number of hydrogen-bond acceptors (Lipinski definition) is 6. The van der Waals surface area contributed by atoms with E-state index in [1.807, 2.05) is 11.0 Å². The lowest BCUT2D eigenvalue weighted by Crippen LogP contribution is -2.45. The highest BCUT2D eigenvalue weighted by atomic mass is 32.1. The lowest BCUT2D eigenvalue weighted by atomic mass is 9.82. The fourth-order valence-corrected chi connectivity index (χ4v) is 5.21. The Morgan fingerprint density at radius 3 is 2.48 bits per heavy atom. The van der Waals surface area contributed by atoms with Crippen LogP contribution in [0.25, 0.3) is 0 Å². The molecular formula is C26H38N2O4S. The van der Waals surface area contributed by atoms with E-state index >= 15 is 0 Å². The number of amides is 1. The van der Waals surface area contributed by atoms with E-state index in [0.29, 0.717) is 36.2 Å². The molecule has 0 atom stereocenters. The number of thiophene rings is 1. The number of rotatable bonds is 6. The predicted molar refractivity (Wildman–Crippen MR) is 133 cm³/mol. The van der Waals surface area contributed by atoms with Gasteiger partial charge in [0.25, 0.3) is 0 Å². The second-order valence-corrected chi connectivity index (χ2v) is 11.3. The van der Waals surface area contributed by atoms with Gasteiger partial charge >= 0.3 is 5.97 Å². The Hall–Kier alpha value is -1.88. The molecule has 1 aliphatic heterocycles. The summed E-state index contributed by atoms with van der Waals surface area (Å²) in [5, 5.41) is 0. The number of carbonyl (C=O) groups is 2. The van der Waals surface area contributed by atoms with Crippen LogP contribution in [0.5, 0.6) is 0 Å². The van der Waals surface area contributed by atoms with Gasteiger partial charge in [-0.3, -0.25) is 9.69 Å². The van der Waals surface area contributed by atoms with E-state index in [-0.39, 0.29) is 17.2 Å². The molecule has 2 aliphatic rings. The first kappa shape index (κ1) is 25.7. The number of hydrogen-bond donors (Lipinski definition) is 0. The molecule has 2 fully saturated rings. The van der Waals surface area contributed by atoms with Crippen LogP contribution in [0.1, 0.15) is 67.9 Å². The molecule has 1 saturated carbocycles. The molecule has 2 heterocycles. The van der Waals surface area contributed by atoms with Crippen LogP contribution in [-0.4, -0.2) is 63.3 Å². The van der Waals surface area contributed by atoms with Crippen molar-refractivity contribution in [2.45, 2.75) is 53.4 Å². The second kappa shape index (κ2) is 11.5. The van der Waals surface area contributed by atoms with Crippen LogP contribution in [0.3, 0.4) is 0 Å². The molecule has 0 radical (unpaired) electrons. The van der Waals surface area contributed by atoms with Gasteiger partial charge in [-0.1, -0.05) is 18.8 Å². The molecule has 1 aromatic heterocycles. The highest BCUT2D eigenvalue weighted by molar-refractivity contribution is 7.15. The summed E-state index contributed by atoms with van der Waals surface area (Å²) in [6.45, 7) is 12.9. The molecule has 0 aromatic carbocycles. The third-order valence-electron chi connectivity index (χ3n) is 6.31. The van der Waals surface area contributed by atoms with Crippen molar-refractivity contribution in [2.75, 3.05) is 51.4 Å². The maximum absolute atomic E-state index is 13.8. The maximum atomic E-state index is 13.8. The normalized spacial score (nSPS) is 21.7. The van der Waals surface area contributed by atoms with Crippen molar-refractivity contribution < 1.29 is 19.1 Å². The summed E-state index contributed by atoms with van der Waals surface area (Å²) in [6, 6.07) is 1.90. The van der Waals surface area contributed by atoms with Crippen molar-refractivity contribution in [3.05, 3.63) is 15.8 Å². The average Bonchev–Trinajstić information content (AvgIpc) is 3.22. The summed E-state index contributed by atoms with van der Waals surface area (Å²) in [5.41, 5.74) is 0.488. The molecule has 1 amide bonds. The van der Waals surface area contributed by atoms with Crippen molar-refractivity contribution in [3.63, 3.8) is 0 Å². The van der Waals surface area contributed by atoms with E-state index in [4.69, 9.17) is 9.47 Å². The van der Waals surface area contributed by atoms with Crippen LogP contribution in [0.4, 0.5) is 5.69 Å². The zero-order valence-electron chi connectivity index (χ0n) is 20.7. The standard InChI is InChI=1S/C26H38N2O4S/c1-19-6-8-20(9-7-19)24(29)28(13-12-27-14-16-32-17-15-27)22-18-21(10-11-26(2,3)4)33-23(22)25(30)31-5/h18-20H,6-9,12-17H2,1-5H3. The number of methoxy groups -OCH3 is 1. The van der Waals surface area contributed by atoms with Gasteiger partial charge < -0.3 is 14.4 Å². The number of carbonyl (C=O) groups excluding carboxylic acids is 2. The summed E-state index contributed by atoms with van der Waals surface area (Å²) in [6.07, 6.45) is 3.96. The number of ether oxygens (including phenoxy) is 2. The summed E-state index contributed by atoms with van der Waals surface area (Å²) >= 11 is 1.31. The van der Waals surface area contributed by atoms with Gasteiger partial charge in [-0.25, -0.2) is 4.79 Å². The van der Waals surface area contributed by atoms with Gasteiger partial charge in [-0.2, -0.15) is 0 Å². The molecule has 1 saturated heterocycles. The molecule has 3 rings (SSSR count). The van der Waals surface area contributed by atoms with Gasteiger partial charge in [0.05, 0.1) is 30.9 Å². The van der Waals surface area contributed by atoms with E-state index < -0.39 is 5.97 Å². The molecular weight excluding hydrogens is 436 g/mol. The molecule has 6 nitrogen and oxygen atoms in total. The summed E-state index contributed by atoms with van der Waals surface area (Å²) in [4.78, 5) is 31.8. The minimum atomic E-state index is -0.416. The number of nitrogens with zero attached hydrogens (tertiary/aromatic N) is 2. The lowest BCUT2D eigenvalue weighted by molar-refractivity contribution is -0.123. The Bertz CT molecular complexity index is 878. The van der Waals surface area contributed by atoms with Gasteiger partial charge in [0.15, 0.2) is 0 Å². The topological polar surface area (TPSA) is 59.1 Å². The first-order valence-electron chi connectivity index (χ1n) is 12.0. The largest absolute Gasteiger partial charge is 0.465 e. The third-order valence-corrected chi connectivity index (χ3v) is 7.33. The molecule has 33 heavy (non-hydrogen) atoms. The Balaban J connectivity index is 1.92. The number of anilines is 1. The van der Waals surface area contributed by atoms with E-state index in [1.54, 1.807) is 0 Å². The molecule has 0 N–H and O–H groups in total. The van der Waals surface area contributed by atoms with Crippen LogP contribution in [0.15, 0.2) is 6.07 Å². The van der Waals surface area contributed by atoms with E-state index in [1.165, 1.54) is 18.4 Å². The van der Waals surface area contributed by atoms with Crippen molar-refractivity contribution in [1.82, 2.24) is 4.90 Å². The van der Waals surface area contributed by atoms with Gasteiger partial charge in [-0.15, -0.1) is 11.3 Å². The van der Waals surface area contributed by atoms with Crippen molar-refractivity contribution in [1.29, 1.82) is 0 Å². The zero-order valence-corrected chi connectivity index (χ0v) is 21.6. The Morgan fingerprint density at radius 2 is 1.88 bits per heavy atom. The lowest BCUT2D eigenvalue weighted by Gasteiger charge is -2.33. The van der Waals surface area contributed by atoms with Gasteiger partial charge in [0, 0.05) is 37.5 Å². The molecule has 182 valence electrons. The fraction of sp³-hybridized carbons (Fsp3) is 0.692. The SMILES string of the molecule is COC(=O)c1sc(C#CC(C)(C)C)cc1N(CCN1CCOCC1)C(=O)C1CCC(C)CC1. The zero-order chi connectivity index (χ0) is 24.0. The summed E-state index contributed by atoms with van der Waals surface area (Å²) in [7, 11) is 1.38. The van der Waals surface area contributed by atoms with Gasteiger partial charge in [0.2, 0.25) is 5.91 Å². The molecule has 0 spiro atoms. The van der Waals surface area contributed by atoms with Crippen LogP contribution in [0, 0.1) is 29.1 Å². The van der Waals surface area contributed by atoms with Crippen molar-refractivity contribution in [2.24, 2.45) is 17.3 Å². The second-order valence-electron chi connectivity index (χ2n) is 10.2. The fourth-order valence-electron chi connectivity index (χ4n) is 4.27. The molecule has 0 bridgehead atoms. The average molecular weight is 475 g/mol. The molecule has 1 aliphatic carbocycles. The number of morpholine rings is 1. The monoisotopic (exact) mass is 474 g/mol. The van der Waals surface area contributed by atoms with Crippen molar-refractivity contribution in [3.8, 4) is 11.8 Å². The first-order valence-corrected chi connectivity index (χ1v) is 12.9. The Morgan fingerprint density at radius 1 is 1.21 bits per heavy atom. The Kier molecular flexibility index (Phi) is 8.97. The van der Waals surface area contributed by atoms with Gasteiger partial charge in [0.1, 0.15) is 4.88 Å². The summed E-state index contributed by atoms with van der Waals surface area (Å²) in [5.74, 6) is 6.81. The van der Waals surface area contributed by atoms with E-state index in [0.717, 1.165) is 50.2 Å². The van der Waals surface area contributed by atoms with Crippen LogP contribution >= 0.6 is 11.3 Å². The maximum Gasteiger partial charge on any atom is 0.350 e. The minimum absolute atomic E-state index is 0.000366. The smallest absolute Gasteiger partial charge is 0.350 e. The quantitative estimate of drug-likeness (QED) is 0.451.